The number of aromatic nitrogens is 2. The third-order valence-electron chi connectivity index (χ3n) is 4.64. The molecular formula is C18H21N3O4. The lowest BCUT2D eigenvalue weighted by atomic mass is 9.98. The van der Waals surface area contributed by atoms with Crippen LogP contribution in [0.1, 0.15) is 49.1 Å². The van der Waals surface area contributed by atoms with Gasteiger partial charge in [-0.15, -0.1) is 10.2 Å². The Balaban J connectivity index is 1.60. The van der Waals surface area contributed by atoms with E-state index in [1.807, 2.05) is 38.1 Å². The van der Waals surface area contributed by atoms with Gasteiger partial charge in [0, 0.05) is 18.0 Å². The summed E-state index contributed by atoms with van der Waals surface area (Å²) < 4.78 is 17.0. The van der Waals surface area contributed by atoms with Crippen molar-refractivity contribution in [2.24, 2.45) is 0 Å². The minimum Gasteiger partial charge on any atom is -0.492 e. The standard InChI is InChI=1S/C18H21N3O4/c1-11(2)16-19-20-17(25-16)14-10-23-8-7-21(14)18(22)13-9-24-15-6-4-3-5-12(13)15/h3-6,11,13-14H,7-10H2,1-2H3. The number of rotatable bonds is 3. The van der Waals surface area contributed by atoms with Crippen LogP contribution in [-0.2, 0) is 9.53 Å². The van der Waals surface area contributed by atoms with E-state index in [1.54, 1.807) is 4.90 Å². The first-order valence-electron chi connectivity index (χ1n) is 8.58. The van der Waals surface area contributed by atoms with E-state index >= 15 is 0 Å². The molecule has 25 heavy (non-hydrogen) atoms. The molecule has 1 aromatic carbocycles. The predicted molar refractivity (Wildman–Crippen MR) is 88.3 cm³/mol. The Bertz CT molecular complexity index is 773. The van der Waals surface area contributed by atoms with E-state index in [1.165, 1.54) is 0 Å². The van der Waals surface area contributed by atoms with Gasteiger partial charge in [-0.3, -0.25) is 4.79 Å². The summed E-state index contributed by atoms with van der Waals surface area (Å²) in [5.74, 6) is 1.65. The van der Waals surface area contributed by atoms with Gasteiger partial charge < -0.3 is 18.8 Å². The molecular weight excluding hydrogens is 322 g/mol. The number of amides is 1. The van der Waals surface area contributed by atoms with E-state index in [2.05, 4.69) is 10.2 Å². The second kappa shape index (κ2) is 6.48. The number of fused-ring (bicyclic) bond motifs is 1. The first-order chi connectivity index (χ1) is 12.1. The fourth-order valence-corrected chi connectivity index (χ4v) is 3.25. The summed E-state index contributed by atoms with van der Waals surface area (Å²) in [6.07, 6.45) is 0. The lowest BCUT2D eigenvalue weighted by Crippen LogP contribution is -2.45. The molecule has 0 N–H and O–H groups in total. The molecule has 2 aliphatic rings. The molecule has 0 saturated carbocycles. The fraction of sp³-hybridized carbons (Fsp3) is 0.500. The Morgan fingerprint density at radius 3 is 2.88 bits per heavy atom. The van der Waals surface area contributed by atoms with Crippen molar-refractivity contribution in [3.63, 3.8) is 0 Å². The van der Waals surface area contributed by atoms with E-state index in [9.17, 15) is 4.79 Å². The van der Waals surface area contributed by atoms with Crippen LogP contribution in [0.4, 0.5) is 0 Å². The molecule has 2 aromatic rings. The Hall–Kier alpha value is -2.41. The molecule has 1 aromatic heterocycles. The van der Waals surface area contributed by atoms with Gasteiger partial charge in [0.05, 0.1) is 13.2 Å². The molecule has 0 aliphatic carbocycles. The molecule has 0 bridgehead atoms. The highest BCUT2D eigenvalue weighted by atomic mass is 16.5. The predicted octanol–water partition coefficient (Wildman–Crippen LogP) is 2.27. The van der Waals surface area contributed by atoms with Crippen LogP contribution in [0.25, 0.3) is 0 Å². The quantitative estimate of drug-likeness (QED) is 0.851. The fourth-order valence-electron chi connectivity index (χ4n) is 3.25. The van der Waals surface area contributed by atoms with E-state index in [0.717, 1.165) is 11.3 Å². The Morgan fingerprint density at radius 1 is 1.24 bits per heavy atom. The molecule has 7 heteroatoms. The highest BCUT2D eigenvalue weighted by Gasteiger charge is 2.39. The van der Waals surface area contributed by atoms with Crippen molar-refractivity contribution in [2.75, 3.05) is 26.4 Å². The minimum atomic E-state index is -0.353. The largest absolute Gasteiger partial charge is 0.492 e. The average Bonchev–Trinajstić information content (AvgIpc) is 3.28. The third kappa shape index (κ3) is 2.89. The van der Waals surface area contributed by atoms with Gasteiger partial charge in [-0.25, -0.2) is 0 Å². The molecule has 2 unspecified atom stereocenters. The van der Waals surface area contributed by atoms with Crippen molar-refractivity contribution in [1.82, 2.24) is 15.1 Å². The molecule has 7 nitrogen and oxygen atoms in total. The summed E-state index contributed by atoms with van der Waals surface area (Å²) in [6.45, 7) is 5.71. The SMILES string of the molecule is CC(C)c1nnc(C2COCCN2C(=O)C2COc3ccccc32)o1. The van der Waals surface area contributed by atoms with Crippen LogP contribution in [-0.4, -0.2) is 47.4 Å². The molecule has 132 valence electrons. The van der Waals surface area contributed by atoms with Crippen LogP contribution in [0.15, 0.2) is 28.7 Å². The Morgan fingerprint density at radius 2 is 2.08 bits per heavy atom. The van der Waals surface area contributed by atoms with Crippen molar-refractivity contribution in [3.8, 4) is 5.75 Å². The maximum atomic E-state index is 13.2. The maximum Gasteiger partial charge on any atom is 0.241 e. The zero-order chi connectivity index (χ0) is 17.4. The number of nitrogens with zero attached hydrogens (tertiary/aromatic N) is 3. The maximum absolute atomic E-state index is 13.2. The molecule has 3 heterocycles. The molecule has 2 aliphatic heterocycles. The van der Waals surface area contributed by atoms with Crippen molar-refractivity contribution in [2.45, 2.75) is 31.7 Å². The minimum absolute atomic E-state index is 0.0162. The number of benzene rings is 1. The summed E-state index contributed by atoms with van der Waals surface area (Å²) in [5.41, 5.74) is 0.936. The van der Waals surface area contributed by atoms with Gasteiger partial charge in [0.1, 0.15) is 24.3 Å². The zero-order valence-electron chi connectivity index (χ0n) is 14.3. The molecule has 0 radical (unpaired) electrons. The van der Waals surface area contributed by atoms with Crippen molar-refractivity contribution in [1.29, 1.82) is 0 Å². The number of para-hydroxylation sites is 1. The van der Waals surface area contributed by atoms with E-state index in [0.29, 0.717) is 38.1 Å². The summed E-state index contributed by atoms with van der Waals surface area (Å²) in [5, 5.41) is 8.23. The highest BCUT2D eigenvalue weighted by molar-refractivity contribution is 5.86. The lowest BCUT2D eigenvalue weighted by molar-refractivity contribution is -0.143. The van der Waals surface area contributed by atoms with Gasteiger partial charge in [-0.1, -0.05) is 32.0 Å². The van der Waals surface area contributed by atoms with Crippen LogP contribution < -0.4 is 4.74 Å². The summed E-state index contributed by atoms with van der Waals surface area (Å²) in [6, 6.07) is 7.33. The van der Waals surface area contributed by atoms with Crippen LogP contribution >= 0.6 is 0 Å². The van der Waals surface area contributed by atoms with Gasteiger partial charge in [-0.05, 0) is 6.07 Å². The van der Waals surface area contributed by atoms with Gasteiger partial charge in [0.25, 0.3) is 0 Å². The zero-order valence-corrected chi connectivity index (χ0v) is 14.3. The van der Waals surface area contributed by atoms with Gasteiger partial charge in [0.2, 0.25) is 17.7 Å². The van der Waals surface area contributed by atoms with Crippen molar-refractivity contribution < 1.29 is 18.7 Å². The Kier molecular flexibility index (Phi) is 4.17. The Labute approximate surface area is 145 Å². The van der Waals surface area contributed by atoms with Gasteiger partial charge >= 0.3 is 0 Å². The molecule has 1 saturated heterocycles. The molecule has 0 spiro atoms. The first kappa shape index (κ1) is 16.1. The third-order valence-corrected chi connectivity index (χ3v) is 4.64. The second-order valence-electron chi connectivity index (χ2n) is 6.66. The van der Waals surface area contributed by atoms with Gasteiger partial charge in [-0.2, -0.15) is 0 Å². The first-order valence-corrected chi connectivity index (χ1v) is 8.58. The van der Waals surface area contributed by atoms with Crippen molar-refractivity contribution in [3.05, 3.63) is 41.6 Å². The number of hydrogen-bond donors (Lipinski definition) is 0. The number of carbonyl (C=O) groups is 1. The second-order valence-corrected chi connectivity index (χ2v) is 6.66. The number of morpholine rings is 1. The lowest BCUT2D eigenvalue weighted by Gasteiger charge is -2.34. The highest BCUT2D eigenvalue weighted by Crippen LogP contribution is 2.37. The number of hydrogen-bond acceptors (Lipinski definition) is 6. The summed E-state index contributed by atoms with van der Waals surface area (Å²) in [4.78, 5) is 15.0. The topological polar surface area (TPSA) is 77.7 Å². The molecule has 4 rings (SSSR count). The molecule has 2 atom stereocenters. The van der Waals surface area contributed by atoms with Gasteiger partial charge in [0.15, 0.2) is 0 Å². The van der Waals surface area contributed by atoms with Crippen LogP contribution in [0.2, 0.25) is 0 Å². The van der Waals surface area contributed by atoms with Crippen LogP contribution in [0, 0.1) is 0 Å². The molecule has 1 fully saturated rings. The normalized spacial score (nSPS) is 22.8. The van der Waals surface area contributed by atoms with E-state index in [-0.39, 0.29) is 23.8 Å². The summed E-state index contributed by atoms with van der Waals surface area (Å²) in [7, 11) is 0. The van der Waals surface area contributed by atoms with Crippen LogP contribution in [0.3, 0.4) is 0 Å². The van der Waals surface area contributed by atoms with Crippen molar-refractivity contribution >= 4 is 5.91 Å². The molecule has 1 amide bonds. The average molecular weight is 343 g/mol. The van der Waals surface area contributed by atoms with E-state index < -0.39 is 0 Å². The van der Waals surface area contributed by atoms with E-state index in [4.69, 9.17) is 13.9 Å². The smallest absolute Gasteiger partial charge is 0.241 e. The number of ether oxygens (including phenoxy) is 2. The monoisotopic (exact) mass is 343 g/mol. The van der Waals surface area contributed by atoms with Crippen LogP contribution in [0.5, 0.6) is 5.75 Å². The number of carbonyl (C=O) groups excluding carboxylic acids is 1. The summed E-state index contributed by atoms with van der Waals surface area (Å²) >= 11 is 0.